The molecule has 1 aromatic heterocycles. The molecule has 3 heterocycles. The predicted molar refractivity (Wildman–Crippen MR) is 105 cm³/mol. The number of para-hydroxylation sites is 1. The van der Waals surface area contributed by atoms with Gasteiger partial charge in [-0.05, 0) is 35.7 Å². The van der Waals surface area contributed by atoms with E-state index >= 15 is 0 Å². The molecule has 0 saturated heterocycles. The number of phenols is 1. The van der Waals surface area contributed by atoms with Crippen molar-refractivity contribution in [3.63, 3.8) is 0 Å². The third kappa shape index (κ3) is 2.64. The van der Waals surface area contributed by atoms with Crippen LogP contribution in [0.2, 0.25) is 0 Å². The zero-order chi connectivity index (χ0) is 18.4. The molecular weight excluding hydrogens is 360 g/mol. The fourth-order valence-electron chi connectivity index (χ4n) is 3.69. The molecule has 2 aliphatic heterocycles. The van der Waals surface area contributed by atoms with E-state index < -0.39 is 0 Å². The van der Waals surface area contributed by atoms with Gasteiger partial charge in [-0.1, -0.05) is 24.3 Å². The van der Waals surface area contributed by atoms with Crippen LogP contribution in [0.25, 0.3) is 0 Å². The summed E-state index contributed by atoms with van der Waals surface area (Å²) in [5.41, 5.74) is 3.05. The van der Waals surface area contributed by atoms with Gasteiger partial charge in [-0.2, -0.15) is 5.10 Å². The zero-order valence-corrected chi connectivity index (χ0v) is 15.5. The molecule has 5 nitrogen and oxygen atoms in total. The van der Waals surface area contributed by atoms with Crippen molar-refractivity contribution in [1.29, 1.82) is 0 Å². The highest BCUT2D eigenvalue weighted by Crippen LogP contribution is 2.48. The van der Waals surface area contributed by atoms with Crippen molar-refractivity contribution >= 4 is 17.0 Å². The summed E-state index contributed by atoms with van der Waals surface area (Å²) in [5, 5.41) is 18.9. The van der Waals surface area contributed by atoms with Crippen LogP contribution in [0.15, 0.2) is 65.1 Å². The minimum atomic E-state index is -0.235. The summed E-state index contributed by atoms with van der Waals surface area (Å²) in [5.74, 6) is 1.49. The Bertz CT molecular complexity index is 1020. The molecule has 2 aliphatic rings. The Morgan fingerprint density at radius 2 is 2.07 bits per heavy atom. The van der Waals surface area contributed by atoms with E-state index in [1.807, 2.05) is 36.4 Å². The number of methoxy groups -OCH3 is 1. The first-order valence-electron chi connectivity index (χ1n) is 8.77. The first kappa shape index (κ1) is 16.2. The Balaban J connectivity index is 1.58. The van der Waals surface area contributed by atoms with Crippen molar-refractivity contribution in [2.75, 3.05) is 7.11 Å². The number of benzene rings is 2. The Morgan fingerprint density at radius 3 is 2.89 bits per heavy atom. The van der Waals surface area contributed by atoms with Crippen LogP contribution in [0.4, 0.5) is 0 Å². The van der Waals surface area contributed by atoms with Gasteiger partial charge >= 0.3 is 0 Å². The second kappa shape index (κ2) is 6.32. The summed E-state index contributed by atoms with van der Waals surface area (Å²) in [7, 11) is 1.55. The van der Waals surface area contributed by atoms with Gasteiger partial charge < -0.3 is 14.6 Å². The fraction of sp³-hybridized carbons (Fsp3) is 0.190. The number of thiophene rings is 1. The second-order valence-corrected chi connectivity index (χ2v) is 7.54. The average molecular weight is 378 g/mol. The molecule has 0 unspecified atom stereocenters. The number of aromatic hydroxyl groups is 1. The molecule has 0 aliphatic carbocycles. The van der Waals surface area contributed by atoms with Crippen molar-refractivity contribution < 1.29 is 14.6 Å². The molecular formula is C21H18N2O3S. The molecule has 5 rings (SSSR count). The van der Waals surface area contributed by atoms with Crippen molar-refractivity contribution in [2.45, 2.75) is 18.7 Å². The van der Waals surface area contributed by atoms with Gasteiger partial charge in [0.2, 0.25) is 6.23 Å². The van der Waals surface area contributed by atoms with E-state index in [9.17, 15) is 5.11 Å². The number of fused-ring (bicyclic) bond motifs is 3. The SMILES string of the molecule is COc1cc(C2=NN3[C@@H](c4cccs4)Oc4ccccc4[C@@H]3C2)ccc1O. The third-order valence-corrected chi connectivity index (χ3v) is 5.90. The van der Waals surface area contributed by atoms with Crippen LogP contribution in [0.5, 0.6) is 17.2 Å². The van der Waals surface area contributed by atoms with E-state index in [0.717, 1.165) is 33.9 Å². The fourth-order valence-corrected chi connectivity index (χ4v) is 4.43. The number of ether oxygens (including phenoxy) is 2. The zero-order valence-electron chi connectivity index (χ0n) is 14.7. The lowest BCUT2D eigenvalue weighted by atomic mass is 9.96. The molecule has 0 bridgehead atoms. The van der Waals surface area contributed by atoms with Crippen LogP contribution in [-0.2, 0) is 0 Å². The number of phenolic OH excluding ortho intramolecular Hbond substituents is 1. The molecule has 0 saturated carbocycles. The van der Waals surface area contributed by atoms with Crippen LogP contribution in [0.1, 0.15) is 34.7 Å². The molecule has 27 heavy (non-hydrogen) atoms. The smallest absolute Gasteiger partial charge is 0.222 e. The van der Waals surface area contributed by atoms with Gasteiger partial charge in [0.15, 0.2) is 11.5 Å². The Morgan fingerprint density at radius 1 is 1.19 bits per heavy atom. The largest absolute Gasteiger partial charge is 0.504 e. The van der Waals surface area contributed by atoms with E-state index in [2.05, 4.69) is 22.5 Å². The van der Waals surface area contributed by atoms with Crippen molar-refractivity contribution in [1.82, 2.24) is 5.01 Å². The van der Waals surface area contributed by atoms with Gasteiger partial charge in [-0.15, -0.1) is 11.3 Å². The van der Waals surface area contributed by atoms with Gasteiger partial charge in [-0.25, -0.2) is 5.01 Å². The highest BCUT2D eigenvalue weighted by atomic mass is 32.1. The average Bonchev–Trinajstić information content (AvgIpc) is 3.38. The minimum absolute atomic E-state index is 0.122. The Hall–Kier alpha value is -2.99. The van der Waals surface area contributed by atoms with Gasteiger partial charge in [0.05, 0.1) is 23.7 Å². The molecule has 2 atom stereocenters. The quantitative estimate of drug-likeness (QED) is 0.717. The standard InChI is InChI=1S/C21H18N2O3S/c1-25-19-11-13(8-9-17(19)24)15-12-16-14-5-2-3-6-18(14)26-21(23(16)22-15)20-7-4-10-27-20/h2-11,16,21,24H,12H2,1H3/t16-,21+/m0/s1. The van der Waals surface area contributed by atoms with Crippen LogP contribution in [0, 0.1) is 0 Å². The molecule has 2 aromatic carbocycles. The van der Waals surface area contributed by atoms with Gasteiger partial charge in [0.1, 0.15) is 5.75 Å². The molecule has 0 amide bonds. The van der Waals surface area contributed by atoms with Crippen LogP contribution >= 0.6 is 11.3 Å². The maximum absolute atomic E-state index is 9.89. The number of hydrogen-bond acceptors (Lipinski definition) is 6. The first-order chi connectivity index (χ1) is 13.2. The van der Waals surface area contributed by atoms with Crippen LogP contribution < -0.4 is 9.47 Å². The van der Waals surface area contributed by atoms with Gasteiger partial charge in [-0.3, -0.25) is 0 Å². The van der Waals surface area contributed by atoms with Crippen LogP contribution in [-0.4, -0.2) is 22.9 Å². The lowest BCUT2D eigenvalue weighted by Crippen LogP contribution is -2.33. The molecule has 6 heteroatoms. The second-order valence-electron chi connectivity index (χ2n) is 6.56. The normalized spacial score (nSPS) is 20.5. The molecule has 3 aromatic rings. The summed E-state index contributed by atoms with van der Waals surface area (Å²) in [6.45, 7) is 0. The van der Waals surface area contributed by atoms with E-state index in [-0.39, 0.29) is 18.0 Å². The molecule has 136 valence electrons. The first-order valence-corrected chi connectivity index (χ1v) is 9.65. The molecule has 0 spiro atoms. The summed E-state index contributed by atoms with van der Waals surface area (Å²) < 4.78 is 11.6. The number of hydrogen-bond donors (Lipinski definition) is 1. The van der Waals surface area contributed by atoms with E-state index in [4.69, 9.17) is 14.6 Å². The number of nitrogens with zero attached hydrogens (tertiary/aromatic N) is 2. The summed E-state index contributed by atoms with van der Waals surface area (Å²) in [6.07, 6.45) is 0.539. The highest BCUT2D eigenvalue weighted by Gasteiger charge is 2.41. The minimum Gasteiger partial charge on any atom is -0.504 e. The van der Waals surface area contributed by atoms with Crippen molar-refractivity contribution in [3.8, 4) is 17.2 Å². The van der Waals surface area contributed by atoms with Crippen molar-refractivity contribution in [2.24, 2.45) is 5.10 Å². The summed E-state index contributed by atoms with van der Waals surface area (Å²) in [4.78, 5) is 1.13. The predicted octanol–water partition coefficient (Wildman–Crippen LogP) is 4.70. The third-order valence-electron chi connectivity index (χ3n) is 5.00. The van der Waals surface area contributed by atoms with E-state index in [0.29, 0.717) is 5.75 Å². The summed E-state index contributed by atoms with van der Waals surface area (Å²) >= 11 is 1.67. The van der Waals surface area contributed by atoms with E-state index in [1.54, 1.807) is 24.5 Å². The van der Waals surface area contributed by atoms with Gasteiger partial charge in [0.25, 0.3) is 0 Å². The van der Waals surface area contributed by atoms with Crippen LogP contribution in [0.3, 0.4) is 0 Å². The summed E-state index contributed by atoms with van der Waals surface area (Å²) in [6, 6.07) is 17.8. The molecule has 1 N–H and O–H groups in total. The molecule has 0 fully saturated rings. The lowest BCUT2D eigenvalue weighted by Gasteiger charge is -2.37. The lowest BCUT2D eigenvalue weighted by molar-refractivity contribution is -0.0165. The Labute approximate surface area is 161 Å². The van der Waals surface area contributed by atoms with Crippen molar-refractivity contribution in [3.05, 3.63) is 76.0 Å². The monoisotopic (exact) mass is 378 g/mol. The molecule has 0 radical (unpaired) electrons. The Kier molecular flexibility index (Phi) is 3.79. The number of rotatable bonds is 3. The maximum Gasteiger partial charge on any atom is 0.222 e. The maximum atomic E-state index is 9.89. The van der Waals surface area contributed by atoms with Gasteiger partial charge in [0, 0.05) is 17.5 Å². The topological polar surface area (TPSA) is 54.3 Å². The number of hydrazone groups is 1. The highest BCUT2D eigenvalue weighted by molar-refractivity contribution is 7.10. The van der Waals surface area contributed by atoms with E-state index in [1.165, 1.54) is 0 Å².